The van der Waals surface area contributed by atoms with Gasteiger partial charge in [0.1, 0.15) is 6.54 Å². The van der Waals surface area contributed by atoms with Gasteiger partial charge in [-0.3, -0.25) is 0 Å². The third-order valence-electron chi connectivity index (χ3n) is 5.48. The molecular formula is C27H26IN2O2S+. The molecule has 0 unspecified atom stereocenters. The number of hydrogen-bond acceptors (Lipinski definition) is 4. The molecule has 4 rings (SSSR count). The first-order chi connectivity index (χ1) is 16.1. The highest BCUT2D eigenvalue weighted by molar-refractivity contribution is 14.1. The number of ether oxygens (including phenoxy) is 1. The van der Waals surface area contributed by atoms with Crippen molar-refractivity contribution in [3.05, 3.63) is 101 Å². The normalized spacial score (nSPS) is 14.5. The zero-order chi connectivity index (χ0) is 23.2. The largest absolute Gasteiger partial charge is 0.465 e. The molecule has 0 saturated heterocycles. The van der Waals surface area contributed by atoms with Crippen LogP contribution >= 0.6 is 34.4 Å². The number of alkyl halides is 1. The standard InChI is InChI=1S/C27H26IN2O2S/c1-29-24-6-3-4-7-25(24)33-26(29)19-23(21-8-10-22(11-9-21)27(31)32-2)18-20-12-16-30(17-13-20)15-5-14-28/h3-4,6-13,16-19H,5,14-15H2,1-2H3/q+1. The highest BCUT2D eigenvalue weighted by atomic mass is 127. The summed E-state index contributed by atoms with van der Waals surface area (Å²) in [5, 5.41) is 1.16. The van der Waals surface area contributed by atoms with Gasteiger partial charge in [-0.05, 0) is 53.1 Å². The molecular weight excluding hydrogens is 543 g/mol. The molecule has 0 amide bonds. The number of para-hydroxylation sites is 1. The van der Waals surface area contributed by atoms with Crippen molar-refractivity contribution in [2.45, 2.75) is 17.9 Å². The first-order valence-electron chi connectivity index (χ1n) is 10.8. The van der Waals surface area contributed by atoms with Crippen molar-refractivity contribution in [2.75, 3.05) is 23.5 Å². The van der Waals surface area contributed by atoms with Gasteiger partial charge < -0.3 is 9.64 Å². The maximum atomic E-state index is 11.9. The van der Waals surface area contributed by atoms with Crippen LogP contribution in [0.1, 0.15) is 27.9 Å². The van der Waals surface area contributed by atoms with Gasteiger partial charge in [0.05, 0.1) is 23.4 Å². The first kappa shape index (κ1) is 23.6. The van der Waals surface area contributed by atoms with Gasteiger partial charge in [0.15, 0.2) is 12.4 Å². The number of rotatable bonds is 7. The second-order valence-electron chi connectivity index (χ2n) is 7.69. The van der Waals surface area contributed by atoms with E-state index in [0.29, 0.717) is 5.56 Å². The molecule has 1 aromatic heterocycles. The fourth-order valence-electron chi connectivity index (χ4n) is 3.64. The third kappa shape index (κ3) is 5.68. The summed E-state index contributed by atoms with van der Waals surface area (Å²) in [5.41, 5.74) is 5.02. The van der Waals surface area contributed by atoms with Crippen LogP contribution in [0, 0.1) is 0 Å². The molecule has 0 bridgehead atoms. The molecule has 2 heterocycles. The number of fused-ring (bicyclic) bond motifs is 1. The number of halogens is 1. The summed E-state index contributed by atoms with van der Waals surface area (Å²) in [6, 6.07) is 20.3. The molecule has 1 aliphatic rings. The quantitative estimate of drug-likeness (QED) is 0.147. The molecule has 0 N–H and O–H groups in total. The van der Waals surface area contributed by atoms with Crippen molar-refractivity contribution in [3.8, 4) is 0 Å². The van der Waals surface area contributed by atoms with E-state index in [-0.39, 0.29) is 5.97 Å². The van der Waals surface area contributed by atoms with Crippen molar-refractivity contribution < 1.29 is 14.1 Å². The van der Waals surface area contributed by atoms with E-state index in [2.05, 4.69) is 100 Å². The van der Waals surface area contributed by atoms with E-state index >= 15 is 0 Å². The number of carbonyl (C=O) groups is 1. The number of pyridine rings is 1. The summed E-state index contributed by atoms with van der Waals surface area (Å²) in [6.45, 7) is 1.03. The van der Waals surface area contributed by atoms with Crippen molar-refractivity contribution in [1.29, 1.82) is 0 Å². The smallest absolute Gasteiger partial charge is 0.337 e. The Hall–Kier alpha value is -2.58. The van der Waals surface area contributed by atoms with Gasteiger partial charge in [-0.25, -0.2) is 9.36 Å². The number of aryl methyl sites for hydroxylation is 1. The molecule has 4 nitrogen and oxygen atoms in total. The Morgan fingerprint density at radius 1 is 1.06 bits per heavy atom. The van der Waals surface area contributed by atoms with E-state index in [1.165, 1.54) is 17.7 Å². The number of benzene rings is 2. The van der Waals surface area contributed by atoms with Crippen molar-refractivity contribution >= 4 is 57.7 Å². The molecule has 3 aromatic rings. The van der Waals surface area contributed by atoms with E-state index in [0.717, 1.165) is 39.1 Å². The number of aromatic nitrogens is 1. The summed E-state index contributed by atoms with van der Waals surface area (Å²) >= 11 is 4.18. The number of hydrogen-bond donors (Lipinski definition) is 0. The van der Waals surface area contributed by atoms with Gasteiger partial charge in [0.2, 0.25) is 0 Å². The number of anilines is 1. The molecule has 0 atom stereocenters. The Kier molecular flexibility index (Phi) is 7.88. The van der Waals surface area contributed by atoms with Crippen LogP contribution < -0.4 is 9.47 Å². The number of methoxy groups -OCH3 is 1. The minimum atomic E-state index is -0.328. The number of esters is 1. The number of nitrogens with zero attached hydrogens (tertiary/aromatic N) is 2. The van der Waals surface area contributed by atoms with Gasteiger partial charge in [-0.1, -0.05) is 58.6 Å². The van der Waals surface area contributed by atoms with Crippen LogP contribution in [0.3, 0.4) is 0 Å². The SMILES string of the molecule is COC(=O)c1ccc(C(=C\c2cc[n+](CCCI)cc2)/C=C2/Sc3ccccc3N2C)cc1. The maximum Gasteiger partial charge on any atom is 0.337 e. The summed E-state index contributed by atoms with van der Waals surface area (Å²) in [7, 11) is 3.50. The molecule has 1 aliphatic heterocycles. The summed E-state index contributed by atoms with van der Waals surface area (Å²) in [4.78, 5) is 15.4. The van der Waals surface area contributed by atoms with Crippen LogP contribution in [0.15, 0.2) is 89.1 Å². The highest BCUT2D eigenvalue weighted by Gasteiger charge is 2.21. The van der Waals surface area contributed by atoms with Crippen LogP contribution in [0.25, 0.3) is 11.6 Å². The molecule has 0 radical (unpaired) electrons. The lowest BCUT2D eigenvalue weighted by atomic mass is 10.0. The van der Waals surface area contributed by atoms with E-state index in [4.69, 9.17) is 4.74 Å². The van der Waals surface area contributed by atoms with Crippen LogP contribution in [0.2, 0.25) is 0 Å². The average Bonchev–Trinajstić information content (AvgIpc) is 3.18. The Balaban J connectivity index is 1.70. The third-order valence-corrected chi connectivity index (χ3v) is 7.41. The van der Waals surface area contributed by atoms with E-state index < -0.39 is 0 Å². The molecule has 2 aromatic carbocycles. The lowest BCUT2D eigenvalue weighted by molar-refractivity contribution is -0.696. The Labute approximate surface area is 213 Å². The molecule has 0 spiro atoms. The molecule has 33 heavy (non-hydrogen) atoms. The van der Waals surface area contributed by atoms with E-state index in [1.807, 2.05) is 24.3 Å². The van der Waals surface area contributed by atoms with E-state index in [1.54, 1.807) is 11.8 Å². The Morgan fingerprint density at radius 2 is 1.76 bits per heavy atom. The summed E-state index contributed by atoms with van der Waals surface area (Å²) < 4.78 is 8.22. The van der Waals surface area contributed by atoms with Crippen LogP contribution in [-0.2, 0) is 11.3 Å². The second kappa shape index (κ2) is 11.0. The number of thioether (sulfide) groups is 1. The predicted molar refractivity (Wildman–Crippen MR) is 145 cm³/mol. The van der Waals surface area contributed by atoms with Gasteiger partial charge in [0.25, 0.3) is 0 Å². The Morgan fingerprint density at radius 3 is 2.42 bits per heavy atom. The average molecular weight is 569 g/mol. The van der Waals surface area contributed by atoms with Gasteiger partial charge in [-0.15, -0.1) is 0 Å². The van der Waals surface area contributed by atoms with Crippen LogP contribution in [0.4, 0.5) is 5.69 Å². The molecule has 6 heteroatoms. The monoisotopic (exact) mass is 569 g/mol. The predicted octanol–water partition coefficient (Wildman–Crippen LogP) is 6.21. The van der Waals surface area contributed by atoms with Crippen molar-refractivity contribution in [2.24, 2.45) is 0 Å². The van der Waals surface area contributed by atoms with Gasteiger partial charge in [0, 0.05) is 34.9 Å². The molecule has 0 saturated carbocycles. The van der Waals surface area contributed by atoms with E-state index in [9.17, 15) is 4.79 Å². The Bertz CT molecular complexity index is 1190. The zero-order valence-electron chi connectivity index (χ0n) is 18.7. The molecule has 0 fully saturated rings. The first-order valence-corrected chi connectivity index (χ1v) is 13.1. The van der Waals surface area contributed by atoms with Crippen molar-refractivity contribution in [3.63, 3.8) is 0 Å². The lowest BCUT2D eigenvalue weighted by Gasteiger charge is -2.14. The van der Waals surface area contributed by atoms with Gasteiger partial charge >= 0.3 is 5.97 Å². The minimum absolute atomic E-state index is 0.328. The molecule has 0 aliphatic carbocycles. The lowest BCUT2D eigenvalue weighted by Crippen LogP contribution is -2.32. The summed E-state index contributed by atoms with van der Waals surface area (Å²) in [5.74, 6) is -0.328. The fraction of sp³-hybridized carbons (Fsp3) is 0.185. The second-order valence-corrected chi connectivity index (χ2v) is 9.83. The number of allylic oxidation sites excluding steroid dienone is 2. The van der Waals surface area contributed by atoms with Crippen LogP contribution in [0.5, 0.6) is 0 Å². The summed E-state index contributed by atoms with van der Waals surface area (Å²) in [6.07, 6.45) is 9.84. The van der Waals surface area contributed by atoms with Gasteiger partial charge in [-0.2, -0.15) is 0 Å². The topological polar surface area (TPSA) is 33.4 Å². The molecule has 168 valence electrons. The minimum Gasteiger partial charge on any atom is -0.465 e. The van der Waals surface area contributed by atoms with Crippen molar-refractivity contribution in [1.82, 2.24) is 0 Å². The van der Waals surface area contributed by atoms with Crippen LogP contribution in [-0.4, -0.2) is 24.6 Å². The maximum absolute atomic E-state index is 11.9. The zero-order valence-corrected chi connectivity index (χ0v) is 21.7. The fourth-order valence-corrected chi connectivity index (χ4v) is 5.08. The number of carbonyl (C=O) groups excluding carboxylic acids is 1. The highest BCUT2D eigenvalue weighted by Crippen LogP contribution is 2.45.